The van der Waals surface area contributed by atoms with Crippen molar-refractivity contribution in [3.63, 3.8) is 0 Å². The van der Waals surface area contributed by atoms with E-state index in [1.165, 1.54) is 22.3 Å². The van der Waals surface area contributed by atoms with Crippen molar-refractivity contribution in [2.45, 2.75) is 13.5 Å². The van der Waals surface area contributed by atoms with Crippen molar-refractivity contribution in [2.24, 2.45) is 0 Å². The molecule has 0 fully saturated rings. The van der Waals surface area contributed by atoms with E-state index in [1.54, 1.807) is 7.11 Å². The fourth-order valence-electron chi connectivity index (χ4n) is 2.41. The molecule has 0 atom stereocenters. The van der Waals surface area contributed by atoms with Gasteiger partial charge in [0.25, 0.3) is 0 Å². The van der Waals surface area contributed by atoms with Gasteiger partial charge in [0.2, 0.25) is 0 Å². The third-order valence-electron chi connectivity index (χ3n) is 3.62. The van der Waals surface area contributed by atoms with Crippen molar-refractivity contribution >= 4 is 0 Å². The van der Waals surface area contributed by atoms with E-state index in [9.17, 15) is 0 Å². The first kappa shape index (κ1) is 13.4. The van der Waals surface area contributed by atoms with Gasteiger partial charge in [-0.3, -0.25) is 4.98 Å². The Morgan fingerprint density at radius 3 is 2.62 bits per heavy atom. The molecule has 1 aromatic carbocycles. The van der Waals surface area contributed by atoms with Crippen LogP contribution in [0.25, 0.3) is 11.1 Å². The fraction of sp³-hybridized carbons (Fsp3) is 0.167. The van der Waals surface area contributed by atoms with Crippen molar-refractivity contribution < 1.29 is 4.74 Å². The molecule has 0 unspecified atom stereocenters. The second-order valence-electron chi connectivity index (χ2n) is 5.11. The Balaban J connectivity index is 1.80. The lowest BCUT2D eigenvalue weighted by molar-refractivity contribution is 0.414. The Labute approximate surface area is 124 Å². The van der Waals surface area contributed by atoms with Crippen LogP contribution < -0.4 is 4.74 Å². The molecule has 0 aliphatic carbocycles. The van der Waals surface area contributed by atoms with Gasteiger partial charge < -0.3 is 9.30 Å². The minimum atomic E-state index is 0.851. The molecule has 0 amide bonds. The Bertz CT molecular complexity index is 729. The van der Waals surface area contributed by atoms with Crippen LogP contribution in [0, 0.1) is 6.92 Å². The number of hydrogen-bond donors (Lipinski definition) is 0. The predicted octanol–water partition coefficient (Wildman–Crippen LogP) is 3.92. The molecule has 0 aliphatic rings. The lowest BCUT2D eigenvalue weighted by Gasteiger charge is -2.05. The van der Waals surface area contributed by atoms with E-state index in [4.69, 9.17) is 4.74 Å². The van der Waals surface area contributed by atoms with Gasteiger partial charge in [0.05, 0.1) is 7.11 Å². The summed E-state index contributed by atoms with van der Waals surface area (Å²) in [6.07, 6.45) is 8.01. The zero-order valence-electron chi connectivity index (χ0n) is 12.3. The summed E-state index contributed by atoms with van der Waals surface area (Å²) in [6, 6.07) is 12.3. The third kappa shape index (κ3) is 2.97. The number of aryl methyl sites for hydroxylation is 1. The molecule has 3 aromatic rings. The smallest absolute Gasteiger partial charge is 0.118 e. The van der Waals surface area contributed by atoms with E-state index in [2.05, 4.69) is 47.1 Å². The average molecular weight is 278 g/mol. The molecule has 3 nitrogen and oxygen atoms in total. The van der Waals surface area contributed by atoms with Gasteiger partial charge in [-0.25, -0.2) is 0 Å². The van der Waals surface area contributed by atoms with Crippen molar-refractivity contribution in [1.82, 2.24) is 9.55 Å². The fourth-order valence-corrected chi connectivity index (χ4v) is 2.41. The Morgan fingerprint density at radius 1 is 1.10 bits per heavy atom. The van der Waals surface area contributed by atoms with E-state index in [1.807, 2.05) is 30.6 Å². The molecule has 2 heterocycles. The average Bonchev–Trinajstić information content (AvgIpc) is 2.97. The summed E-state index contributed by atoms with van der Waals surface area (Å²) in [4.78, 5) is 4.21. The Kier molecular flexibility index (Phi) is 3.73. The standard InChI is InChI=1S/C18H18N2O/c1-14-7-9-19-11-18(14)16-8-10-20(13-16)12-15-3-5-17(21-2)6-4-15/h3-11,13H,12H2,1-2H3. The van der Waals surface area contributed by atoms with Crippen molar-refractivity contribution in [1.29, 1.82) is 0 Å². The van der Waals surface area contributed by atoms with E-state index in [0.29, 0.717) is 0 Å². The highest BCUT2D eigenvalue weighted by Crippen LogP contribution is 2.23. The van der Waals surface area contributed by atoms with Crippen LogP contribution in [0.5, 0.6) is 5.75 Å². The number of pyridine rings is 1. The van der Waals surface area contributed by atoms with Gasteiger partial charge in [-0.05, 0) is 42.3 Å². The number of benzene rings is 1. The Morgan fingerprint density at radius 2 is 1.90 bits per heavy atom. The van der Waals surface area contributed by atoms with Crippen molar-refractivity contribution in [3.05, 3.63) is 72.3 Å². The van der Waals surface area contributed by atoms with Crippen LogP contribution in [0.1, 0.15) is 11.1 Å². The number of aromatic nitrogens is 2. The molecular formula is C18H18N2O. The zero-order valence-corrected chi connectivity index (χ0v) is 12.3. The number of methoxy groups -OCH3 is 1. The quantitative estimate of drug-likeness (QED) is 0.723. The SMILES string of the molecule is COc1ccc(Cn2ccc(-c3cnccc3C)c2)cc1. The summed E-state index contributed by atoms with van der Waals surface area (Å²) in [6.45, 7) is 2.96. The van der Waals surface area contributed by atoms with Crippen LogP contribution in [0.3, 0.4) is 0 Å². The minimum Gasteiger partial charge on any atom is -0.497 e. The van der Waals surface area contributed by atoms with Crippen molar-refractivity contribution in [3.8, 4) is 16.9 Å². The first-order valence-corrected chi connectivity index (χ1v) is 6.96. The summed E-state index contributed by atoms with van der Waals surface area (Å²) in [5.41, 5.74) is 4.88. The van der Waals surface area contributed by atoms with Gasteiger partial charge in [-0.15, -0.1) is 0 Å². The molecule has 3 rings (SSSR count). The molecule has 0 N–H and O–H groups in total. The molecule has 0 radical (unpaired) electrons. The van der Waals surface area contributed by atoms with Gasteiger partial charge in [-0.1, -0.05) is 12.1 Å². The first-order valence-electron chi connectivity index (χ1n) is 6.96. The molecule has 0 bridgehead atoms. The largest absolute Gasteiger partial charge is 0.497 e. The van der Waals surface area contributed by atoms with Gasteiger partial charge in [-0.2, -0.15) is 0 Å². The minimum absolute atomic E-state index is 0.851. The molecular weight excluding hydrogens is 260 g/mol. The third-order valence-corrected chi connectivity index (χ3v) is 3.62. The molecule has 0 saturated carbocycles. The second kappa shape index (κ2) is 5.83. The van der Waals surface area contributed by atoms with Crippen LogP contribution in [0.2, 0.25) is 0 Å². The number of hydrogen-bond acceptors (Lipinski definition) is 2. The van der Waals surface area contributed by atoms with E-state index in [0.717, 1.165) is 12.3 Å². The number of nitrogens with zero attached hydrogens (tertiary/aromatic N) is 2. The maximum absolute atomic E-state index is 5.18. The highest BCUT2D eigenvalue weighted by Gasteiger charge is 2.04. The van der Waals surface area contributed by atoms with Crippen molar-refractivity contribution in [2.75, 3.05) is 7.11 Å². The predicted molar refractivity (Wildman–Crippen MR) is 84.5 cm³/mol. The molecule has 21 heavy (non-hydrogen) atoms. The number of rotatable bonds is 4. The van der Waals surface area contributed by atoms with Gasteiger partial charge in [0.1, 0.15) is 5.75 Å². The highest BCUT2D eigenvalue weighted by molar-refractivity contribution is 5.65. The van der Waals surface area contributed by atoms with Crippen LogP contribution in [-0.4, -0.2) is 16.7 Å². The summed E-state index contributed by atoms with van der Waals surface area (Å²) in [7, 11) is 1.68. The summed E-state index contributed by atoms with van der Waals surface area (Å²) >= 11 is 0. The molecule has 2 aromatic heterocycles. The van der Waals surface area contributed by atoms with Gasteiger partial charge in [0.15, 0.2) is 0 Å². The topological polar surface area (TPSA) is 27.1 Å². The van der Waals surface area contributed by atoms with Crippen LogP contribution in [0.15, 0.2) is 61.2 Å². The molecule has 0 spiro atoms. The second-order valence-corrected chi connectivity index (χ2v) is 5.11. The van der Waals surface area contributed by atoms with Crippen LogP contribution >= 0.6 is 0 Å². The summed E-state index contributed by atoms with van der Waals surface area (Å²) in [5.74, 6) is 0.887. The highest BCUT2D eigenvalue weighted by atomic mass is 16.5. The molecule has 0 saturated heterocycles. The van der Waals surface area contributed by atoms with E-state index < -0.39 is 0 Å². The monoisotopic (exact) mass is 278 g/mol. The summed E-state index contributed by atoms with van der Waals surface area (Å²) in [5, 5.41) is 0. The zero-order chi connectivity index (χ0) is 14.7. The van der Waals surface area contributed by atoms with Crippen LogP contribution in [0.4, 0.5) is 0 Å². The summed E-state index contributed by atoms with van der Waals surface area (Å²) < 4.78 is 7.36. The van der Waals surface area contributed by atoms with Gasteiger partial charge >= 0.3 is 0 Å². The lowest BCUT2D eigenvalue weighted by atomic mass is 10.1. The molecule has 106 valence electrons. The maximum atomic E-state index is 5.18. The van der Waals surface area contributed by atoms with E-state index >= 15 is 0 Å². The van der Waals surface area contributed by atoms with Crippen LogP contribution in [-0.2, 0) is 6.54 Å². The van der Waals surface area contributed by atoms with E-state index in [-0.39, 0.29) is 0 Å². The Hall–Kier alpha value is -2.55. The first-order chi connectivity index (χ1) is 10.3. The normalized spacial score (nSPS) is 10.6. The molecule has 3 heteroatoms. The number of ether oxygens (including phenoxy) is 1. The molecule has 0 aliphatic heterocycles. The van der Waals surface area contributed by atoms with Gasteiger partial charge in [0, 0.05) is 42.5 Å². The maximum Gasteiger partial charge on any atom is 0.118 e. The lowest BCUT2D eigenvalue weighted by Crippen LogP contribution is -1.96.